The average molecular weight is 274 g/mol. The van der Waals surface area contributed by atoms with Gasteiger partial charge in [-0.25, -0.2) is 0 Å². The van der Waals surface area contributed by atoms with E-state index >= 15 is 0 Å². The zero-order valence-electron chi connectivity index (χ0n) is 13.0. The summed E-state index contributed by atoms with van der Waals surface area (Å²) in [6, 6.07) is 10.7. The van der Waals surface area contributed by atoms with Crippen LogP contribution in [0, 0.1) is 5.92 Å². The summed E-state index contributed by atoms with van der Waals surface area (Å²) in [7, 11) is 0. The lowest BCUT2D eigenvalue weighted by atomic mass is 9.96. The van der Waals surface area contributed by atoms with Gasteiger partial charge < -0.3 is 10.2 Å². The van der Waals surface area contributed by atoms with Gasteiger partial charge in [0, 0.05) is 19.6 Å². The van der Waals surface area contributed by atoms with Crippen LogP contribution in [0.4, 0.5) is 0 Å². The van der Waals surface area contributed by atoms with Crippen molar-refractivity contribution in [2.45, 2.75) is 45.6 Å². The predicted octanol–water partition coefficient (Wildman–Crippen LogP) is 3.68. The molecular formula is C18H30N2. The molecule has 1 heterocycles. The highest BCUT2D eigenvalue weighted by atomic mass is 15.1. The van der Waals surface area contributed by atoms with E-state index in [9.17, 15) is 0 Å². The van der Waals surface area contributed by atoms with Gasteiger partial charge in [0.2, 0.25) is 0 Å². The zero-order valence-corrected chi connectivity index (χ0v) is 13.0. The lowest BCUT2D eigenvalue weighted by Gasteiger charge is -2.20. The summed E-state index contributed by atoms with van der Waals surface area (Å²) in [5.74, 6) is 0.988. The van der Waals surface area contributed by atoms with Crippen molar-refractivity contribution in [3.05, 3.63) is 35.9 Å². The molecule has 1 aliphatic heterocycles. The minimum absolute atomic E-state index is 0.988. The fourth-order valence-electron chi connectivity index (χ4n) is 3.21. The minimum atomic E-state index is 0.988. The molecule has 0 radical (unpaired) electrons. The Morgan fingerprint density at radius 3 is 2.80 bits per heavy atom. The lowest BCUT2D eigenvalue weighted by molar-refractivity contribution is 0.278. The van der Waals surface area contributed by atoms with Crippen molar-refractivity contribution < 1.29 is 0 Å². The zero-order chi connectivity index (χ0) is 14.0. The first-order chi connectivity index (χ1) is 9.88. The van der Waals surface area contributed by atoms with Crippen molar-refractivity contribution >= 4 is 0 Å². The van der Waals surface area contributed by atoms with Crippen LogP contribution in [0.2, 0.25) is 0 Å². The van der Waals surface area contributed by atoms with Crippen LogP contribution in [0.3, 0.4) is 0 Å². The molecule has 0 bridgehead atoms. The average Bonchev–Trinajstić information content (AvgIpc) is 2.71. The van der Waals surface area contributed by atoms with Gasteiger partial charge in [-0.15, -0.1) is 0 Å². The summed E-state index contributed by atoms with van der Waals surface area (Å²) >= 11 is 0. The largest absolute Gasteiger partial charge is 0.311 e. The Bertz CT molecular complexity index is 350. The second-order valence-electron chi connectivity index (χ2n) is 6.09. The first kappa shape index (κ1) is 15.5. The number of likely N-dealkylation sites (tertiary alicyclic amines) is 1. The molecule has 1 N–H and O–H groups in total. The van der Waals surface area contributed by atoms with Crippen LogP contribution in [-0.2, 0) is 6.54 Å². The van der Waals surface area contributed by atoms with Crippen LogP contribution in [0.1, 0.15) is 44.6 Å². The molecule has 2 nitrogen and oxygen atoms in total. The van der Waals surface area contributed by atoms with Crippen LogP contribution in [0.25, 0.3) is 0 Å². The fraction of sp³-hybridized carbons (Fsp3) is 0.667. The third-order valence-electron chi connectivity index (χ3n) is 4.41. The first-order valence-electron chi connectivity index (χ1n) is 8.35. The topological polar surface area (TPSA) is 15.3 Å². The van der Waals surface area contributed by atoms with Crippen molar-refractivity contribution in [3.63, 3.8) is 0 Å². The molecule has 1 aliphatic rings. The molecule has 1 atom stereocenters. The SMILES string of the molecule is CCCC1CCCN(CCNCc2ccccc2)CC1. The quantitative estimate of drug-likeness (QED) is 0.763. The summed E-state index contributed by atoms with van der Waals surface area (Å²) in [6.07, 6.45) is 7.03. The Balaban J connectivity index is 1.60. The number of benzene rings is 1. The van der Waals surface area contributed by atoms with E-state index in [1.165, 1.54) is 57.3 Å². The van der Waals surface area contributed by atoms with Crippen LogP contribution in [0.5, 0.6) is 0 Å². The van der Waals surface area contributed by atoms with Gasteiger partial charge in [0.05, 0.1) is 0 Å². The molecule has 0 aromatic heterocycles. The van der Waals surface area contributed by atoms with E-state index in [1.807, 2.05) is 0 Å². The van der Waals surface area contributed by atoms with E-state index in [0.29, 0.717) is 0 Å². The number of rotatable bonds is 7. The monoisotopic (exact) mass is 274 g/mol. The normalized spacial score (nSPS) is 20.8. The Morgan fingerprint density at radius 1 is 1.15 bits per heavy atom. The van der Waals surface area contributed by atoms with E-state index in [-0.39, 0.29) is 0 Å². The third kappa shape index (κ3) is 5.64. The molecule has 0 spiro atoms. The first-order valence-corrected chi connectivity index (χ1v) is 8.35. The van der Waals surface area contributed by atoms with Gasteiger partial charge in [-0.3, -0.25) is 0 Å². The maximum Gasteiger partial charge on any atom is 0.0206 e. The Labute approximate surface area is 124 Å². The van der Waals surface area contributed by atoms with Crippen LogP contribution in [-0.4, -0.2) is 31.1 Å². The molecule has 1 aromatic rings. The van der Waals surface area contributed by atoms with E-state index in [1.54, 1.807) is 0 Å². The summed E-state index contributed by atoms with van der Waals surface area (Å²) in [5.41, 5.74) is 1.38. The predicted molar refractivity (Wildman–Crippen MR) is 86.8 cm³/mol. The van der Waals surface area contributed by atoms with E-state index in [0.717, 1.165) is 19.0 Å². The highest BCUT2D eigenvalue weighted by Gasteiger charge is 2.15. The number of hydrogen-bond donors (Lipinski definition) is 1. The van der Waals surface area contributed by atoms with Gasteiger partial charge in [0.15, 0.2) is 0 Å². The van der Waals surface area contributed by atoms with Gasteiger partial charge >= 0.3 is 0 Å². The van der Waals surface area contributed by atoms with Gasteiger partial charge in [0.1, 0.15) is 0 Å². The molecule has 112 valence electrons. The van der Waals surface area contributed by atoms with Crippen LogP contribution < -0.4 is 5.32 Å². The second kappa shape index (κ2) is 9.15. The third-order valence-corrected chi connectivity index (χ3v) is 4.41. The molecule has 1 aromatic carbocycles. The molecule has 20 heavy (non-hydrogen) atoms. The van der Waals surface area contributed by atoms with E-state index in [2.05, 4.69) is 47.5 Å². The maximum absolute atomic E-state index is 3.56. The van der Waals surface area contributed by atoms with Crippen molar-refractivity contribution in [3.8, 4) is 0 Å². The minimum Gasteiger partial charge on any atom is -0.311 e. The Hall–Kier alpha value is -0.860. The van der Waals surface area contributed by atoms with Gasteiger partial charge in [-0.1, -0.05) is 50.1 Å². The molecule has 1 saturated heterocycles. The molecule has 0 aliphatic carbocycles. The number of nitrogens with zero attached hydrogens (tertiary/aromatic N) is 1. The van der Waals surface area contributed by atoms with Gasteiger partial charge in [-0.2, -0.15) is 0 Å². The summed E-state index contributed by atoms with van der Waals surface area (Å²) in [6.45, 7) is 8.22. The van der Waals surface area contributed by atoms with E-state index in [4.69, 9.17) is 0 Å². The molecule has 2 rings (SSSR count). The maximum atomic E-state index is 3.56. The molecule has 1 unspecified atom stereocenters. The smallest absolute Gasteiger partial charge is 0.0206 e. The summed E-state index contributed by atoms with van der Waals surface area (Å²) in [4.78, 5) is 2.65. The highest BCUT2D eigenvalue weighted by molar-refractivity contribution is 5.14. The molecule has 1 fully saturated rings. The van der Waals surface area contributed by atoms with Gasteiger partial charge in [-0.05, 0) is 43.8 Å². The number of nitrogens with one attached hydrogen (secondary N) is 1. The van der Waals surface area contributed by atoms with Crippen molar-refractivity contribution in [2.75, 3.05) is 26.2 Å². The van der Waals surface area contributed by atoms with Crippen molar-refractivity contribution in [2.24, 2.45) is 5.92 Å². The Morgan fingerprint density at radius 2 is 2.00 bits per heavy atom. The van der Waals surface area contributed by atoms with E-state index < -0.39 is 0 Å². The lowest BCUT2D eigenvalue weighted by Crippen LogP contribution is -2.32. The number of hydrogen-bond acceptors (Lipinski definition) is 2. The van der Waals surface area contributed by atoms with Crippen LogP contribution >= 0.6 is 0 Å². The molecular weight excluding hydrogens is 244 g/mol. The van der Waals surface area contributed by atoms with Crippen LogP contribution in [0.15, 0.2) is 30.3 Å². The summed E-state index contributed by atoms with van der Waals surface area (Å²) in [5, 5.41) is 3.56. The van der Waals surface area contributed by atoms with Crippen molar-refractivity contribution in [1.29, 1.82) is 0 Å². The fourth-order valence-corrected chi connectivity index (χ4v) is 3.21. The Kier molecular flexibility index (Phi) is 7.10. The van der Waals surface area contributed by atoms with Crippen molar-refractivity contribution in [1.82, 2.24) is 10.2 Å². The second-order valence-corrected chi connectivity index (χ2v) is 6.09. The standard InChI is InChI=1S/C18H30N2/c1-2-7-17-10-6-13-20(14-11-17)15-12-19-16-18-8-4-3-5-9-18/h3-5,8-9,17,19H,2,6-7,10-16H2,1H3. The highest BCUT2D eigenvalue weighted by Crippen LogP contribution is 2.21. The molecule has 0 saturated carbocycles. The summed E-state index contributed by atoms with van der Waals surface area (Å²) < 4.78 is 0. The molecule has 2 heteroatoms. The van der Waals surface area contributed by atoms with Gasteiger partial charge in [0.25, 0.3) is 0 Å². The molecule has 0 amide bonds.